The van der Waals surface area contributed by atoms with Gasteiger partial charge >= 0.3 is 5.97 Å². The van der Waals surface area contributed by atoms with E-state index in [9.17, 15) is 9.59 Å². The Hall–Kier alpha value is -1.89. The zero-order valence-electron chi connectivity index (χ0n) is 13.3. The van der Waals surface area contributed by atoms with E-state index in [1.807, 2.05) is 0 Å². The highest BCUT2D eigenvalue weighted by Gasteiger charge is 2.37. The van der Waals surface area contributed by atoms with E-state index in [1.165, 1.54) is 12.8 Å². The van der Waals surface area contributed by atoms with Crippen LogP contribution in [0.4, 0.5) is 0 Å². The molecule has 2 aliphatic rings. The Morgan fingerprint density at radius 3 is 2.74 bits per heavy atom. The van der Waals surface area contributed by atoms with Crippen molar-refractivity contribution in [3.63, 3.8) is 0 Å². The van der Waals surface area contributed by atoms with Crippen molar-refractivity contribution in [3.05, 3.63) is 17.5 Å². The van der Waals surface area contributed by atoms with Gasteiger partial charge in [0.25, 0.3) is 0 Å². The van der Waals surface area contributed by atoms with Crippen LogP contribution in [0.1, 0.15) is 37.1 Å². The molecule has 0 atom stereocenters. The molecule has 7 heteroatoms. The van der Waals surface area contributed by atoms with E-state index >= 15 is 0 Å². The van der Waals surface area contributed by atoms with Gasteiger partial charge in [-0.2, -0.15) is 0 Å². The van der Waals surface area contributed by atoms with Crippen LogP contribution in [0.15, 0.2) is 10.6 Å². The van der Waals surface area contributed by atoms with Gasteiger partial charge in [0.05, 0.1) is 18.7 Å². The molecule has 23 heavy (non-hydrogen) atoms. The number of aromatic nitrogens is 1. The molecule has 7 nitrogen and oxygen atoms in total. The number of nitrogens with zero attached hydrogens (tertiary/aromatic N) is 2. The molecule has 0 radical (unpaired) electrons. The van der Waals surface area contributed by atoms with Gasteiger partial charge in [-0.1, -0.05) is 5.16 Å². The molecule has 2 aliphatic carbocycles. The molecule has 0 aliphatic heterocycles. The lowest BCUT2D eigenvalue weighted by atomic mass is 9.85. The molecule has 126 valence electrons. The lowest BCUT2D eigenvalue weighted by molar-refractivity contribution is -0.140. The number of rotatable bonds is 8. The van der Waals surface area contributed by atoms with Crippen LogP contribution in [-0.4, -0.2) is 52.2 Å². The summed E-state index contributed by atoms with van der Waals surface area (Å²) in [6.45, 7) is 2.76. The summed E-state index contributed by atoms with van der Waals surface area (Å²) in [6, 6.07) is 2.16. The van der Waals surface area contributed by atoms with Crippen molar-refractivity contribution in [2.45, 2.75) is 51.1 Å². The third kappa shape index (κ3) is 4.54. The smallest absolute Gasteiger partial charge is 0.317 e. The van der Waals surface area contributed by atoms with Crippen LogP contribution in [0.3, 0.4) is 0 Å². The number of carbonyl (C=O) groups excluding carboxylic acids is 1. The molecular formula is C16H23N3O4. The quantitative estimate of drug-likeness (QED) is 0.741. The summed E-state index contributed by atoms with van der Waals surface area (Å²) in [5.74, 6) is 0.521. The van der Waals surface area contributed by atoms with Crippen LogP contribution in [-0.2, 0) is 16.0 Å². The van der Waals surface area contributed by atoms with Crippen molar-refractivity contribution in [1.82, 2.24) is 15.4 Å². The number of aryl methyl sites for hydroxylation is 1. The molecule has 1 heterocycles. The zero-order chi connectivity index (χ0) is 16.4. The minimum absolute atomic E-state index is 0.0614. The van der Waals surface area contributed by atoms with Crippen LogP contribution >= 0.6 is 0 Å². The predicted octanol–water partition coefficient (Wildman–Crippen LogP) is 0.969. The molecule has 0 saturated heterocycles. The van der Waals surface area contributed by atoms with Crippen LogP contribution in [0.2, 0.25) is 0 Å². The van der Waals surface area contributed by atoms with E-state index in [4.69, 9.17) is 9.63 Å². The molecular weight excluding hydrogens is 298 g/mol. The fourth-order valence-corrected chi connectivity index (χ4v) is 3.10. The third-order valence-electron chi connectivity index (χ3n) is 4.54. The topological polar surface area (TPSA) is 95.7 Å². The fraction of sp³-hybridized carbons (Fsp3) is 0.688. The highest BCUT2D eigenvalue weighted by atomic mass is 16.5. The Kier molecular flexibility index (Phi) is 4.66. The fourth-order valence-electron chi connectivity index (χ4n) is 3.10. The third-order valence-corrected chi connectivity index (χ3v) is 4.54. The van der Waals surface area contributed by atoms with E-state index in [1.54, 1.807) is 13.0 Å². The lowest BCUT2D eigenvalue weighted by Gasteiger charge is -2.42. The van der Waals surface area contributed by atoms with Crippen LogP contribution < -0.4 is 5.32 Å². The molecule has 0 aromatic carbocycles. The second kappa shape index (κ2) is 6.70. The first-order valence-electron chi connectivity index (χ1n) is 8.17. The Labute approximate surface area is 135 Å². The largest absolute Gasteiger partial charge is 0.480 e. The monoisotopic (exact) mass is 321 g/mol. The maximum atomic E-state index is 12.0. The summed E-state index contributed by atoms with van der Waals surface area (Å²) >= 11 is 0. The molecule has 3 rings (SSSR count). The number of carboxylic acids is 1. The number of hydrogen-bond donors (Lipinski definition) is 2. The number of carboxylic acid groups (broad SMARTS) is 1. The van der Waals surface area contributed by atoms with Crippen molar-refractivity contribution in [1.29, 1.82) is 0 Å². The van der Waals surface area contributed by atoms with E-state index in [-0.39, 0.29) is 31.0 Å². The Morgan fingerprint density at radius 1 is 1.43 bits per heavy atom. The minimum Gasteiger partial charge on any atom is -0.480 e. The Balaban J connectivity index is 1.41. The van der Waals surface area contributed by atoms with Crippen molar-refractivity contribution in [3.8, 4) is 0 Å². The number of nitrogens with one attached hydrogen (secondary N) is 1. The summed E-state index contributed by atoms with van der Waals surface area (Å²) in [4.78, 5) is 25.0. The molecule has 1 aromatic rings. The second-order valence-electron chi connectivity index (χ2n) is 6.76. The van der Waals surface area contributed by atoms with Gasteiger partial charge in [0.15, 0.2) is 0 Å². The summed E-state index contributed by atoms with van der Waals surface area (Å²) in [5, 5.41) is 15.8. The maximum absolute atomic E-state index is 12.0. The van der Waals surface area contributed by atoms with Crippen LogP contribution in [0, 0.1) is 12.8 Å². The van der Waals surface area contributed by atoms with Gasteiger partial charge in [0, 0.05) is 24.7 Å². The summed E-state index contributed by atoms with van der Waals surface area (Å²) in [7, 11) is 0. The Morgan fingerprint density at radius 2 is 2.17 bits per heavy atom. The first kappa shape index (κ1) is 16.0. The second-order valence-corrected chi connectivity index (χ2v) is 6.76. The standard InChI is InChI=1S/C16H23N3O4/c1-10-4-13(18-23-10)7-15(20)17-12-5-14(6-12)19(9-16(21)22)8-11-2-3-11/h4,11-12,14H,2-3,5-9H2,1H3,(H,17,20)(H,21,22). The highest BCUT2D eigenvalue weighted by Crippen LogP contribution is 2.33. The number of aliphatic carboxylic acids is 1. The maximum Gasteiger partial charge on any atom is 0.317 e. The number of amides is 1. The van der Waals surface area contributed by atoms with Gasteiger partial charge in [-0.05, 0) is 38.5 Å². The molecule has 2 fully saturated rings. The first-order valence-corrected chi connectivity index (χ1v) is 8.17. The minimum atomic E-state index is -0.778. The SMILES string of the molecule is Cc1cc(CC(=O)NC2CC(N(CC(=O)O)CC3CC3)C2)no1. The van der Waals surface area contributed by atoms with Crippen molar-refractivity contribution in [2.24, 2.45) is 5.92 Å². The normalized spacial score (nSPS) is 23.6. The molecule has 1 aromatic heterocycles. The average Bonchev–Trinajstić information content (AvgIpc) is 3.14. The Bertz CT molecular complexity index is 576. The van der Waals surface area contributed by atoms with Gasteiger partial charge < -0.3 is 14.9 Å². The molecule has 2 saturated carbocycles. The van der Waals surface area contributed by atoms with Gasteiger partial charge in [0.1, 0.15) is 5.76 Å². The van der Waals surface area contributed by atoms with E-state index < -0.39 is 5.97 Å². The highest BCUT2D eigenvalue weighted by molar-refractivity contribution is 5.78. The lowest BCUT2D eigenvalue weighted by Crippen LogP contribution is -2.55. The van der Waals surface area contributed by atoms with Gasteiger partial charge in [-0.3, -0.25) is 14.5 Å². The van der Waals surface area contributed by atoms with Crippen LogP contribution in [0.25, 0.3) is 0 Å². The van der Waals surface area contributed by atoms with Crippen molar-refractivity contribution in [2.75, 3.05) is 13.1 Å². The average molecular weight is 321 g/mol. The molecule has 2 N–H and O–H groups in total. The zero-order valence-corrected chi connectivity index (χ0v) is 13.3. The first-order chi connectivity index (χ1) is 11.0. The predicted molar refractivity (Wildman–Crippen MR) is 81.8 cm³/mol. The van der Waals surface area contributed by atoms with Crippen molar-refractivity contribution >= 4 is 11.9 Å². The summed E-state index contributed by atoms with van der Waals surface area (Å²) in [5.41, 5.74) is 0.636. The van der Waals surface area contributed by atoms with E-state index in [0.717, 1.165) is 19.4 Å². The molecule has 0 spiro atoms. The van der Waals surface area contributed by atoms with Gasteiger partial charge in [0.2, 0.25) is 5.91 Å². The van der Waals surface area contributed by atoms with Gasteiger partial charge in [-0.15, -0.1) is 0 Å². The number of carbonyl (C=O) groups is 2. The van der Waals surface area contributed by atoms with E-state index in [2.05, 4.69) is 15.4 Å². The van der Waals surface area contributed by atoms with E-state index in [0.29, 0.717) is 17.4 Å². The van der Waals surface area contributed by atoms with Crippen LogP contribution in [0.5, 0.6) is 0 Å². The van der Waals surface area contributed by atoms with Crippen molar-refractivity contribution < 1.29 is 19.2 Å². The molecule has 1 amide bonds. The summed E-state index contributed by atoms with van der Waals surface area (Å²) < 4.78 is 4.95. The van der Waals surface area contributed by atoms with Gasteiger partial charge in [-0.25, -0.2) is 0 Å². The number of hydrogen-bond acceptors (Lipinski definition) is 5. The molecule has 0 bridgehead atoms. The molecule has 0 unspecified atom stereocenters. The summed E-state index contributed by atoms with van der Waals surface area (Å²) in [6.07, 6.45) is 4.28.